The highest BCUT2D eigenvalue weighted by atomic mass is 16.5. The lowest BCUT2D eigenvalue weighted by Crippen LogP contribution is -2.28. The summed E-state index contributed by atoms with van der Waals surface area (Å²) >= 11 is 0. The molecule has 14 heteroatoms. The summed E-state index contributed by atoms with van der Waals surface area (Å²) in [4.78, 5) is 51.8. The molecule has 33 heavy (non-hydrogen) atoms. The van der Waals surface area contributed by atoms with Crippen LogP contribution in [0.25, 0.3) is 5.65 Å². The van der Waals surface area contributed by atoms with Crippen LogP contribution >= 0.6 is 0 Å². The van der Waals surface area contributed by atoms with Gasteiger partial charge in [0.2, 0.25) is 11.9 Å². The van der Waals surface area contributed by atoms with E-state index in [1.807, 2.05) is 0 Å². The number of carboxylic acid groups (broad SMARTS) is 1. The van der Waals surface area contributed by atoms with Gasteiger partial charge in [-0.2, -0.15) is 4.98 Å². The molecule has 0 radical (unpaired) electrons. The summed E-state index contributed by atoms with van der Waals surface area (Å²) in [5.74, 6) is -3.26. The minimum absolute atomic E-state index is 0.00667. The van der Waals surface area contributed by atoms with E-state index in [2.05, 4.69) is 19.4 Å². The molecule has 0 aliphatic carbocycles. The number of rotatable bonds is 5. The number of nitrogens with zero attached hydrogens (tertiary/aromatic N) is 3. The Hall–Kier alpha value is -4.72. The molecule has 0 aliphatic heterocycles. The van der Waals surface area contributed by atoms with Gasteiger partial charge in [-0.3, -0.25) is 9.20 Å². The number of ether oxygens (including phenoxy) is 2. The number of esters is 2. The molecule has 0 fully saturated rings. The molecule has 3 aromatic rings. The van der Waals surface area contributed by atoms with E-state index in [0.717, 1.165) is 17.6 Å². The van der Waals surface area contributed by atoms with Crippen LogP contribution in [0.15, 0.2) is 30.3 Å². The normalized spacial score (nSPS) is 11.1. The van der Waals surface area contributed by atoms with Crippen molar-refractivity contribution in [2.75, 3.05) is 25.7 Å². The molecule has 0 bridgehead atoms. The largest absolute Gasteiger partial charge is 0.477 e. The Morgan fingerprint density at radius 3 is 2.06 bits per heavy atom. The molecular formula is C19H21N7O7. The smallest absolute Gasteiger partial charge is 0.355 e. The molecule has 0 unspecified atom stereocenters. The van der Waals surface area contributed by atoms with Crippen molar-refractivity contribution in [1.82, 2.24) is 14.4 Å². The first kappa shape index (κ1) is 24.5. The number of hydrogen-bond donors (Lipinski definition) is 5. The number of amides is 1. The van der Waals surface area contributed by atoms with Crippen LogP contribution in [0.4, 0.5) is 11.8 Å². The number of aromatic nitrogens is 3. The second-order valence-electron chi connectivity index (χ2n) is 6.33. The van der Waals surface area contributed by atoms with Gasteiger partial charge in [-0.25, -0.2) is 19.4 Å². The SMILES string of the molecule is COC(=O)c1cc(C(=O)O)nc2c(N)nc(N)n12.COC(=O)c1ccc([C@@H](N)C(N)=O)cc1. The lowest BCUT2D eigenvalue weighted by molar-refractivity contribution is -0.119. The lowest BCUT2D eigenvalue weighted by atomic mass is 10.1. The average molecular weight is 459 g/mol. The molecule has 0 spiro atoms. The fourth-order valence-corrected chi connectivity index (χ4v) is 2.60. The molecular weight excluding hydrogens is 438 g/mol. The number of hydrogen-bond acceptors (Lipinski definition) is 11. The highest BCUT2D eigenvalue weighted by Gasteiger charge is 2.21. The predicted molar refractivity (Wildman–Crippen MR) is 114 cm³/mol. The number of primary amides is 1. The first-order valence-corrected chi connectivity index (χ1v) is 9.01. The number of fused-ring (bicyclic) bond motifs is 1. The van der Waals surface area contributed by atoms with Crippen LogP contribution in [0.3, 0.4) is 0 Å². The van der Waals surface area contributed by atoms with Crippen LogP contribution < -0.4 is 22.9 Å². The van der Waals surface area contributed by atoms with Gasteiger partial charge in [0.15, 0.2) is 17.2 Å². The summed E-state index contributed by atoms with van der Waals surface area (Å²) in [7, 11) is 2.46. The number of anilines is 2. The summed E-state index contributed by atoms with van der Waals surface area (Å²) in [5.41, 5.74) is 22.1. The molecule has 0 aliphatic rings. The fraction of sp³-hybridized carbons (Fsp3) is 0.158. The van der Waals surface area contributed by atoms with Crippen molar-refractivity contribution < 1.29 is 33.8 Å². The molecule has 1 atom stereocenters. The number of nitrogens with two attached hydrogens (primary N) is 4. The van der Waals surface area contributed by atoms with Gasteiger partial charge in [-0.05, 0) is 17.7 Å². The maximum Gasteiger partial charge on any atom is 0.355 e. The Labute approximate surface area is 186 Å². The zero-order valence-corrected chi connectivity index (χ0v) is 17.5. The van der Waals surface area contributed by atoms with Gasteiger partial charge in [0.25, 0.3) is 0 Å². The van der Waals surface area contributed by atoms with E-state index in [4.69, 9.17) is 28.0 Å². The van der Waals surface area contributed by atoms with Crippen LogP contribution in [0, 0.1) is 0 Å². The van der Waals surface area contributed by atoms with Crippen molar-refractivity contribution >= 4 is 41.2 Å². The van der Waals surface area contributed by atoms with E-state index in [1.165, 1.54) is 19.2 Å². The quantitative estimate of drug-likeness (QED) is 0.298. The minimum atomic E-state index is -1.30. The highest BCUT2D eigenvalue weighted by Crippen LogP contribution is 2.19. The van der Waals surface area contributed by atoms with Gasteiger partial charge in [0.1, 0.15) is 11.7 Å². The van der Waals surface area contributed by atoms with Crippen LogP contribution in [0.2, 0.25) is 0 Å². The molecule has 1 aromatic carbocycles. The highest BCUT2D eigenvalue weighted by molar-refractivity contribution is 5.94. The zero-order valence-electron chi connectivity index (χ0n) is 17.5. The van der Waals surface area contributed by atoms with E-state index in [-0.39, 0.29) is 28.8 Å². The topological polar surface area (TPSA) is 241 Å². The lowest BCUT2D eigenvalue weighted by Gasteiger charge is -2.07. The van der Waals surface area contributed by atoms with Crippen molar-refractivity contribution in [3.05, 3.63) is 52.8 Å². The monoisotopic (exact) mass is 459 g/mol. The van der Waals surface area contributed by atoms with Crippen molar-refractivity contribution in [2.24, 2.45) is 11.5 Å². The molecule has 0 saturated carbocycles. The van der Waals surface area contributed by atoms with Gasteiger partial charge in [0, 0.05) is 6.07 Å². The predicted octanol–water partition coefficient (Wildman–Crippen LogP) is -0.663. The second-order valence-corrected chi connectivity index (χ2v) is 6.33. The third kappa shape index (κ3) is 5.31. The first-order valence-electron chi connectivity index (χ1n) is 9.01. The summed E-state index contributed by atoms with van der Waals surface area (Å²) < 4.78 is 10.2. The fourth-order valence-electron chi connectivity index (χ4n) is 2.60. The van der Waals surface area contributed by atoms with E-state index >= 15 is 0 Å². The van der Waals surface area contributed by atoms with Gasteiger partial charge in [-0.1, -0.05) is 12.1 Å². The second kappa shape index (κ2) is 10.1. The number of methoxy groups -OCH3 is 2. The van der Waals surface area contributed by atoms with E-state index in [9.17, 15) is 19.2 Å². The van der Waals surface area contributed by atoms with Crippen LogP contribution in [-0.4, -0.2) is 57.5 Å². The Balaban J connectivity index is 0.000000238. The van der Waals surface area contributed by atoms with Gasteiger partial charge in [-0.15, -0.1) is 0 Å². The number of carboxylic acids is 1. The summed E-state index contributed by atoms with van der Waals surface area (Å²) in [5, 5.41) is 8.90. The number of carbonyl (C=O) groups excluding carboxylic acids is 3. The summed E-state index contributed by atoms with van der Waals surface area (Å²) in [6.45, 7) is 0. The summed E-state index contributed by atoms with van der Waals surface area (Å²) in [6.07, 6.45) is 0. The molecule has 174 valence electrons. The third-order valence-electron chi connectivity index (χ3n) is 4.26. The van der Waals surface area contributed by atoms with Crippen molar-refractivity contribution in [3.8, 4) is 0 Å². The van der Waals surface area contributed by atoms with Crippen LogP contribution in [0.1, 0.15) is 42.9 Å². The molecule has 3 rings (SSSR count). The van der Waals surface area contributed by atoms with E-state index in [1.54, 1.807) is 12.1 Å². The molecule has 2 aromatic heterocycles. The van der Waals surface area contributed by atoms with Crippen LogP contribution in [-0.2, 0) is 14.3 Å². The Morgan fingerprint density at radius 1 is 1.00 bits per heavy atom. The number of aromatic carboxylic acids is 1. The van der Waals surface area contributed by atoms with Crippen molar-refractivity contribution in [2.45, 2.75) is 6.04 Å². The van der Waals surface area contributed by atoms with E-state index in [0.29, 0.717) is 11.1 Å². The number of nitrogen functional groups attached to an aromatic ring is 2. The van der Waals surface area contributed by atoms with Gasteiger partial charge in [0.05, 0.1) is 19.8 Å². The molecule has 0 saturated heterocycles. The molecule has 9 N–H and O–H groups in total. The molecule has 1 amide bonds. The standard InChI is InChI=1S/C10H12N2O3.C9H9N5O4/c1-15-10(14)7-4-2-6(3-5-7)8(11)9(12)13;1-18-8(17)4-2-3(7(15)16)12-6-5(10)13-9(11)14(4)6/h2-5,8H,11H2,1H3,(H2,12,13);2H,10H2,1H3,(H2,11,13)(H,15,16)/t8-;/m1./s1. The Bertz CT molecular complexity index is 1220. The number of benzene rings is 1. The Morgan fingerprint density at radius 2 is 1.58 bits per heavy atom. The van der Waals surface area contributed by atoms with Crippen LogP contribution in [0.5, 0.6) is 0 Å². The molecule has 2 heterocycles. The number of imidazole rings is 1. The Kier molecular flexibility index (Phi) is 7.48. The first-order chi connectivity index (χ1) is 15.5. The summed E-state index contributed by atoms with van der Waals surface area (Å²) in [6, 6.07) is 6.40. The van der Waals surface area contributed by atoms with Crippen molar-refractivity contribution in [3.63, 3.8) is 0 Å². The maximum atomic E-state index is 11.6. The zero-order chi connectivity index (χ0) is 24.9. The van der Waals surface area contributed by atoms with E-state index < -0.39 is 29.9 Å². The maximum absolute atomic E-state index is 11.6. The number of carbonyl (C=O) groups is 4. The molecule has 14 nitrogen and oxygen atoms in total. The minimum Gasteiger partial charge on any atom is -0.477 e. The van der Waals surface area contributed by atoms with Crippen molar-refractivity contribution in [1.29, 1.82) is 0 Å². The van der Waals surface area contributed by atoms with Gasteiger partial charge < -0.3 is 37.5 Å². The third-order valence-corrected chi connectivity index (χ3v) is 4.26. The van der Waals surface area contributed by atoms with Gasteiger partial charge >= 0.3 is 17.9 Å². The average Bonchev–Trinajstić information content (AvgIpc) is 3.10.